The van der Waals surface area contributed by atoms with E-state index in [0.717, 1.165) is 16.7 Å². The van der Waals surface area contributed by atoms with Gasteiger partial charge in [0.25, 0.3) is 0 Å². The largest absolute Gasteiger partial charge is 0.507 e. The molecule has 0 aromatic heterocycles. The zero-order valence-corrected chi connectivity index (χ0v) is 8.09. The van der Waals surface area contributed by atoms with Gasteiger partial charge in [0.2, 0.25) is 0 Å². The molecule has 70 valence electrons. The Morgan fingerprint density at radius 1 is 1.46 bits per heavy atom. The van der Waals surface area contributed by atoms with Gasteiger partial charge in [0.05, 0.1) is 0 Å². The zero-order valence-electron chi connectivity index (χ0n) is 8.09. The van der Waals surface area contributed by atoms with Crippen LogP contribution >= 0.6 is 0 Å². The van der Waals surface area contributed by atoms with Crippen molar-refractivity contribution in [1.29, 1.82) is 0 Å². The van der Waals surface area contributed by atoms with Crippen LogP contribution in [-0.4, -0.2) is 5.11 Å². The second kappa shape index (κ2) is 3.52. The number of hydrogen-bond acceptors (Lipinski definition) is 2. The Balaban J connectivity index is 3.12. The van der Waals surface area contributed by atoms with Crippen LogP contribution in [0.1, 0.15) is 16.7 Å². The predicted octanol–water partition coefficient (Wildman–Crippen LogP) is 2.02. The van der Waals surface area contributed by atoms with Gasteiger partial charge < -0.3 is 10.8 Å². The van der Waals surface area contributed by atoms with Crippen LogP contribution in [0.2, 0.25) is 0 Å². The highest BCUT2D eigenvalue weighted by Gasteiger charge is 2.05. The molecule has 1 rings (SSSR count). The highest BCUT2D eigenvalue weighted by molar-refractivity contribution is 5.43. The molecule has 3 N–H and O–H groups in total. The average molecular weight is 177 g/mol. The number of rotatable bonds is 2. The molecule has 1 aromatic rings. The molecule has 13 heavy (non-hydrogen) atoms. The molecule has 0 amide bonds. The molecule has 1 aromatic carbocycles. The molecule has 0 saturated heterocycles. The molecule has 0 aliphatic carbocycles. The van der Waals surface area contributed by atoms with Crippen molar-refractivity contribution in [1.82, 2.24) is 0 Å². The number of phenols is 1. The van der Waals surface area contributed by atoms with Crippen LogP contribution in [0.15, 0.2) is 24.4 Å². The fourth-order valence-corrected chi connectivity index (χ4v) is 1.43. The van der Waals surface area contributed by atoms with Crippen LogP contribution in [0.25, 0.3) is 0 Å². The first-order valence-corrected chi connectivity index (χ1v) is 4.23. The summed E-state index contributed by atoms with van der Waals surface area (Å²) in [5.74, 6) is 0.331. The van der Waals surface area contributed by atoms with Gasteiger partial charge in [-0.05, 0) is 19.4 Å². The third-order valence-corrected chi connectivity index (χ3v) is 1.94. The van der Waals surface area contributed by atoms with E-state index in [1.54, 1.807) is 0 Å². The Labute approximate surface area is 78.7 Å². The van der Waals surface area contributed by atoms with Crippen LogP contribution < -0.4 is 5.73 Å². The molecular weight excluding hydrogens is 162 g/mol. The number of phenolic OH excluding ortho intramolecular Hbond substituents is 1. The van der Waals surface area contributed by atoms with Crippen molar-refractivity contribution >= 4 is 0 Å². The monoisotopic (exact) mass is 177 g/mol. The first kappa shape index (κ1) is 9.65. The SMILES string of the molecule is C=C(N)Cc1cc(C)cc(C)c1O. The van der Waals surface area contributed by atoms with Crippen LogP contribution in [-0.2, 0) is 6.42 Å². The Morgan fingerprint density at radius 2 is 2.08 bits per heavy atom. The standard InChI is InChI=1S/C11H15NO/c1-7-4-8(2)11(13)10(5-7)6-9(3)12/h4-5,13H,3,6,12H2,1-2H3. The maximum Gasteiger partial charge on any atom is 0.122 e. The summed E-state index contributed by atoms with van der Waals surface area (Å²) in [6.45, 7) is 7.49. The van der Waals surface area contributed by atoms with Crippen molar-refractivity contribution in [3.05, 3.63) is 41.1 Å². The van der Waals surface area contributed by atoms with Crippen molar-refractivity contribution in [2.24, 2.45) is 5.73 Å². The molecule has 0 atom stereocenters. The molecule has 0 unspecified atom stereocenters. The van der Waals surface area contributed by atoms with E-state index in [0.29, 0.717) is 17.9 Å². The van der Waals surface area contributed by atoms with Crippen molar-refractivity contribution in [2.45, 2.75) is 20.3 Å². The maximum absolute atomic E-state index is 9.67. The van der Waals surface area contributed by atoms with Crippen LogP contribution in [0.5, 0.6) is 5.75 Å². The predicted molar refractivity (Wildman–Crippen MR) is 54.6 cm³/mol. The van der Waals surface area contributed by atoms with Gasteiger partial charge in [0, 0.05) is 17.7 Å². The van der Waals surface area contributed by atoms with E-state index in [2.05, 4.69) is 6.58 Å². The Morgan fingerprint density at radius 3 is 2.62 bits per heavy atom. The number of nitrogens with two attached hydrogens (primary N) is 1. The van der Waals surface area contributed by atoms with Gasteiger partial charge >= 0.3 is 0 Å². The highest BCUT2D eigenvalue weighted by atomic mass is 16.3. The summed E-state index contributed by atoms with van der Waals surface area (Å²) in [7, 11) is 0. The third-order valence-electron chi connectivity index (χ3n) is 1.94. The number of aromatic hydroxyl groups is 1. The Hall–Kier alpha value is -1.44. The van der Waals surface area contributed by atoms with Gasteiger partial charge in [-0.3, -0.25) is 0 Å². The van der Waals surface area contributed by atoms with Crippen molar-refractivity contribution in [2.75, 3.05) is 0 Å². The molecule has 2 heteroatoms. The quantitative estimate of drug-likeness (QED) is 0.726. The Bertz CT molecular complexity index is 342. The molecular formula is C11H15NO. The summed E-state index contributed by atoms with van der Waals surface area (Å²) >= 11 is 0. The summed E-state index contributed by atoms with van der Waals surface area (Å²) in [4.78, 5) is 0. The van der Waals surface area contributed by atoms with Gasteiger partial charge in [0.15, 0.2) is 0 Å². The molecule has 0 bridgehead atoms. The molecule has 0 aliphatic rings. The van der Waals surface area contributed by atoms with Gasteiger partial charge in [-0.2, -0.15) is 0 Å². The van der Waals surface area contributed by atoms with E-state index in [9.17, 15) is 5.11 Å². The van der Waals surface area contributed by atoms with E-state index in [-0.39, 0.29) is 0 Å². The number of benzene rings is 1. The summed E-state index contributed by atoms with van der Waals surface area (Å²) in [5.41, 5.74) is 8.93. The summed E-state index contributed by atoms with van der Waals surface area (Å²) in [6, 6.07) is 3.87. The van der Waals surface area contributed by atoms with Gasteiger partial charge in [-0.1, -0.05) is 24.3 Å². The number of hydrogen-bond donors (Lipinski definition) is 2. The second-order valence-electron chi connectivity index (χ2n) is 3.42. The average Bonchev–Trinajstić information content (AvgIpc) is 1.98. The van der Waals surface area contributed by atoms with E-state index in [1.165, 1.54) is 0 Å². The first-order chi connectivity index (χ1) is 6.00. The van der Waals surface area contributed by atoms with Gasteiger partial charge in [-0.25, -0.2) is 0 Å². The van der Waals surface area contributed by atoms with E-state index >= 15 is 0 Å². The minimum Gasteiger partial charge on any atom is -0.507 e. The lowest BCUT2D eigenvalue weighted by atomic mass is 10.0. The van der Waals surface area contributed by atoms with Gasteiger partial charge in [0.1, 0.15) is 5.75 Å². The molecule has 0 aliphatic heterocycles. The van der Waals surface area contributed by atoms with Crippen molar-refractivity contribution in [3.8, 4) is 5.75 Å². The zero-order chi connectivity index (χ0) is 10.0. The fraction of sp³-hybridized carbons (Fsp3) is 0.273. The molecule has 0 spiro atoms. The lowest BCUT2D eigenvalue weighted by molar-refractivity contribution is 0.465. The molecule has 0 radical (unpaired) electrons. The lowest BCUT2D eigenvalue weighted by Gasteiger charge is -2.08. The van der Waals surface area contributed by atoms with Crippen LogP contribution in [0.4, 0.5) is 0 Å². The fourth-order valence-electron chi connectivity index (χ4n) is 1.43. The smallest absolute Gasteiger partial charge is 0.122 e. The van der Waals surface area contributed by atoms with E-state index in [4.69, 9.17) is 5.73 Å². The minimum atomic E-state index is 0.331. The van der Waals surface area contributed by atoms with Crippen molar-refractivity contribution < 1.29 is 5.11 Å². The summed E-state index contributed by atoms with van der Waals surface area (Å²) in [6.07, 6.45) is 0.536. The van der Waals surface area contributed by atoms with Crippen LogP contribution in [0.3, 0.4) is 0 Å². The summed E-state index contributed by atoms with van der Waals surface area (Å²) in [5, 5.41) is 9.67. The summed E-state index contributed by atoms with van der Waals surface area (Å²) < 4.78 is 0. The van der Waals surface area contributed by atoms with E-state index in [1.807, 2.05) is 26.0 Å². The number of aryl methyl sites for hydroxylation is 2. The van der Waals surface area contributed by atoms with Gasteiger partial charge in [-0.15, -0.1) is 0 Å². The highest BCUT2D eigenvalue weighted by Crippen LogP contribution is 2.24. The lowest BCUT2D eigenvalue weighted by Crippen LogP contribution is -2.00. The first-order valence-electron chi connectivity index (χ1n) is 4.23. The molecule has 2 nitrogen and oxygen atoms in total. The van der Waals surface area contributed by atoms with Crippen molar-refractivity contribution in [3.63, 3.8) is 0 Å². The molecule has 0 saturated carbocycles. The molecule has 0 fully saturated rings. The minimum absolute atomic E-state index is 0.331. The van der Waals surface area contributed by atoms with E-state index < -0.39 is 0 Å². The topological polar surface area (TPSA) is 46.2 Å². The number of allylic oxidation sites excluding steroid dienone is 1. The second-order valence-corrected chi connectivity index (χ2v) is 3.42. The Kier molecular flexibility index (Phi) is 2.61. The molecule has 0 heterocycles. The maximum atomic E-state index is 9.67. The van der Waals surface area contributed by atoms with Crippen LogP contribution in [0, 0.1) is 13.8 Å². The normalized spacial score (nSPS) is 10.0. The third kappa shape index (κ3) is 2.25.